The highest BCUT2D eigenvalue weighted by atomic mass is 15.0. The predicted molar refractivity (Wildman–Crippen MR) is 40.2 cm³/mol. The van der Waals surface area contributed by atoms with Gasteiger partial charge in [0.25, 0.3) is 0 Å². The average molecular weight is 126 g/mol. The smallest absolute Gasteiger partial charge is 0.216 e. The Morgan fingerprint density at radius 1 is 1.78 bits per heavy atom. The average Bonchev–Trinajstić information content (AvgIpc) is 1.85. The van der Waals surface area contributed by atoms with Crippen LogP contribution in [0.3, 0.4) is 0 Å². The monoisotopic (exact) mass is 126 g/mol. The molecule has 0 fully saturated rings. The maximum atomic E-state index is 5.23. The molecule has 0 unspecified atom stereocenters. The molecular formula is C5H10N4. The van der Waals surface area contributed by atoms with E-state index < -0.39 is 0 Å². The Morgan fingerprint density at radius 2 is 2.44 bits per heavy atom. The van der Waals surface area contributed by atoms with Crippen molar-refractivity contribution in [2.24, 2.45) is 20.7 Å². The zero-order chi connectivity index (χ0) is 7.11. The molecule has 0 heterocycles. The van der Waals surface area contributed by atoms with Gasteiger partial charge in [-0.15, -0.1) is 0 Å². The van der Waals surface area contributed by atoms with Gasteiger partial charge in [-0.25, -0.2) is 4.99 Å². The molecule has 0 bridgehead atoms. The molecule has 0 atom stereocenters. The fourth-order valence-corrected chi connectivity index (χ4v) is 0.303. The number of nitrogens with zero attached hydrogens (tertiary/aromatic N) is 3. The van der Waals surface area contributed by atoms with E-state index in [2.05, 4.69) is 21.7 Å². The van der Waals surface area contributed by atoms with Gasteiger partial charge in [0.05, 0.1) is 0 Å². The van der Waals surface area contributed by atoms with E-state index in [9.17, 15) is 0 Å². The van der Waals surface area contributed by atoms with E-state index in [0.717, 1.165) is 0 Å². The summed E-state index contributed by atoms with van der Waals surface area (Å²) in [5, 5.41) is 0. The van der Waals surface area contributed by atoms with Gasteiger partial charge in [-0.05, 0) is 13.6 Å². The minimum Gasteiger partial charge on any atom is -0.368 e. The molecule has 0 aromatic carbocycles. The lowest BCUT2D eigenvalue weighted by atomic mass is 10.8. The molecule has 2 N–H and O–H groups in total. The van der Waals surface area contributed by atoms with Crippen molar-refractivity contribution in [3.63, 3.8) is 0 Å². The Kier molecular flexibility index (Phi) is 4.30. The second-order valence-electron chi connectivity index (χ2n) is 1.26. The quantitative estimate of drug-likeness (QED) is 0.412. The molecule has 0 aliphatic heterocycles. The molecule has 50 valence electrons. The highest BCUT2D eigenvalue weighted by Gasteiger charge is 1.78. The van der Waals surface area contributed by atoms with E-state index >= 15 is 0 Å². The Labute approximate surface area is 54.2 Å². The minimum absolute atomic E-state index is 0.241. The van der Waals surface area contributed by atoms with Crippen LogP contribution in [0.2, 0.25) is 0 Å². The summed E-state index contributed by atoms with van der Waals surface area (Å²) < 4.78 is 0. The standard InChI is InChI=1S/C5H10N4/c1-3-8-5(6)9-4-7-2/h4H,2-3H2,1H3,(H2,6,8)/b9-4-. The summed E-state index contributed by atoms with van der Waals surface area (Å²) in [4.78, 5) is 10.7. The van der Waals surface area contributed by atoms with Crippen LogP contribution in [-0.4, -0.2) is 25.6 Å². The van der Waals surface area contributed by atoms with Gasteiger partial charge in [-0.2, -0.15) is 0 Å². The third-order valence-corrected chi connectivity index (χ3v) is 0.592. The van der Waals surface area contributed by atoms with Crippen LogP contribution in [0, 0.1) is 0 Å². The van der Waals surface area contributed by atoms with Gasteiger partial charge in [0.2, 0.25) is 5.96 Å². The lowest BCUT2D eigenvalue weighted by molar-refractivity contribution is 1.11. The number of guanidine groups is 1. The van der Waals surface area contributed by atoms with Crippen molar-refractivity contribution < 1.29 is 0 Å². The van der Waals surface area contributed by atoms with Crippen molar-refractivity contribution in [1.82, 2.24) is 0 Å². The molecule has 9 heavy (non-hydrogen) atoms. The van der Waals surface area contributed by atoms with E-state index in [1.165, 1.54) is 6.34 Å². The molecule has 0 radical (unpaired) electrons. The topological polar surface area (TPSA) is 63.1 Å². The first kappa shape index (κ1) is 7.81. The normalized spacial score (nSPS) is 12.3. The van der Waals surface area contributed by atoms with Crippen molar-refractivity contribution in [3.05, 3.63) is 0 Å². The predicted octanol–water partition coefficient (Wildman–Crippen LogP) is 0.0499. The van der Waals surface area contributed by atoms with E-state index in [1.807, 2.05) is 6.92 Å². The highest BCUT2D eigenvalue weighted by molar-refractivity contribution is 5.86. The molecule has 0 saturated heterocycles. The van der Waals surface area contributed by atoms with Gasteiger partial charge >= 0.3 is 0 Å². The molecule has 0 saturated carbocycles. The molecule has 0 aliphatic rings. The Balaban J connectivity index is 3.74. The molecule has 0 aromatic heterocycles. The zero-order valence-corrected chi connectivity index (χ0v) is 5.41. The lowest BCUT2D eigenvalue weighted by Crippen LogP contribution is -2.08. The molecule has 0 aromatic rings. The van der Waals surface area contributed by atoms with E-state index in [1.54, 1.807) is 0 Å². The van der Waals surface area contributed by atoms with Crippen molar-refractivity contribution in [3.8, 4) is 0 Å². The number of hydrogen-bond acceptors (Lipinski definition) is 1. The van der Waals surface area contributed by atoms with Crippen molar-refractivity contribution in [1.29, 1.82) is 0 Å². The van der Waals surface area contributed by atoms with Crippen LogP contribution in [0.15, 0.2) is 15.0 Å². The summed E-state index contributed by atoms with van der Waals surface area (Å²) in [5.74, 6) is 0.241. The Bertz CT molecular complexity index is 136. The zero-order valence-electron chi connectivity index (χ0n) is 5.41. The van der Waals surface area contributed by atoms with Gasteiger partial charge in [-0.1, -0.05) is 0 Å². The largest absolute Gasteiger partial charge is 0.368 e. The van der Waals surface area contributed by atoms with Crippen LogP contribution in [0.4, 0.5) is 0 Å². The maximum absolute atomic E-state index is 5.23. The van der Waals surface area contributed by atoms with Gasteiger partial charge in [0.15, 0.2) is 0 Å². The number of rotatable bonds is 2. The van der Waals surface area contributed by atoms with Crippen LogP contribution in [0.25, 0.3) is 0 Å². The molecular weight excluding hydrogens is 116 g/mol. The van der Waals surface area contributed by atoms with E-state index in [4.69, 9.17) is 5.73 Å². The molecule has 0 aliphatic carbocycles. The third kappa shape index (κ3) is 4.67. The maximum Gasteiger partial charge on any atom is 0.216 e. The summed E-state index contributed by atoms with van der Waals surface area (Å²) in [6.07, 6.45) is 1.26. The molecule has 0 amide bonds. The van der Waals surface area contributed by atoms with Crippen LogP contribution in [0.1, 0.15) is 6.92 Å². The van der Waals surface area contributed by atoms with Crippen molar-refractivity contribution in [2.75, 3.05) is 6.54 Å². The molecule has 0 rings (SSSR count). The van der Waals surface area contributed by atoms with Crippen LogP contribution >= 0.6 is 0 Å². The summed E-state index contributed by atoms with van der Waals surface area (Å²) >= 11 is 0. The minimum atomic E-state index is 0.241. The fraction of sp³-hybridized carbons (Fsp3) is 0.400. The summed E-state index contributed by atoms with van der Waals surface area (Å²) in [7, 11) is 0. The number of nitrogens with two attached hydrogens (primary N) is 1. The van der Waals surface area contributed by atoms with Crippen LogP contribution in [0.5, 0.6) is 0 Å². The molecule has 4 nitrogen and oxygen atoms in total. The second kappa shape index (κ2) is 4.96. The molecule has 4 heteroatoms. The summed E-state index contributed by atoms with van der Waals surface area (Å²) in [6.45, 7) is 5.70. The third-order valence-electron chi connectivity index (χ3n) is 0.592. The SMILES string of the molecule is C=N/C=N\C(N)=N/CC. The first-order valence-corrected chi connectivity index (χ1v) is 2.59. The van der Waals surface area contributed by atoms with E-state index in [-0.39, 0.29) is 5.96 Å². The van der Waals surface area contributed by atoms with Crippen molar-refractivity contribution >= 4 is 19.0 Å². The first-order chi connectivity index (χ1) is 4.31. The van der Waals surface area contributed by atoms with Crippen LogP contribution in [-0.2, 0) is 0 Å². The summed E-state index contributed by atoms with van der Waals surface area (Å²) in [6, 6.07) is 0. The highest BCUT2D eigenvalue weighted by Crippen LogP contribution is 1.70. The van der Waals surface area contributed by atoms with Crippen molar-refractivity contribution in [2.45, 2.75) is 6.92 Å². The van der Waals surface area contributed by atoms with Gasteiger partial charge in [0.1, 0.15) is 6.34 Å². The molecule has 0 spiro atoms. The Hall–Kier alpha value is -1.19. The van der Waals surface area contributed by atoms with Crippen LogP contribution < -0.4 is 5.73 Å². The van der Waals surface area contributed by atoms with Gasteiger partial charge in [0, 0.05) is 6.54 Å². The Morgan fingerprint density at radius 3 is 2.89 bits per heavy atom. The lowest BCUT2D eigenvalue weighted by Gasteiger charge is -1.85. The fourth-order valence-electron chi connectivity index (χ4n) is 0.303. The van der Waals surface area contributed by atoms with Gasteiger partial charge in [-0.3, -0.25) is 9.98 Å². The first-order valence-electron chi connectivity index (χ1n) is 2.59. The number of hydrogen-bond donors (Lipinski definition) is 1. The summed E-state index contributed by atoms with van der Waals surface area (Å²) in [5.41, 5.74) is 5.23. The van der Waals surface area contributed by atoms with E-state index in [0.29, 0.717) is 6.54 Å². The van der Waals surface area contributed by atoms with Gasteiger partial charge < -0.3 is 5.73 Å². The second-order valence-corrected chi connectivity index (χ2v) is 1.26. The number of aliphatic imine (C=N–C) groups is 3.